The molecule has 0 saturated heterocycles. The summed E-state index contributed by atoms with van der Waals surface area (Å²) in [5.41, 5.74) is 6.47. The van der Waals surface area contributed by atoms with Crippen molar-refractivity contribution in [1.82, 2.24) is 0 Å². The number of benzene rings is 1. The summed E-state index contributed by atoms with van der Waals surface area (Å²) in [5, 5.41) is 0.519. The van der Waals surface area contributed by atoms with E-state index in [2.05, 4.69) is 22.9 Å². The lowest BCUT2D eigenvalue weighted by Gasteiger charge is -2.10. The zero-order valence-electron chi connectivity index (χ0n) is 8.67. The number of hydrogen-bond donors (Lipinski definition) is 1. The molecule has 1 aromatic rings. The zero-order chi connectivity index (χ0) is 11.3. The molecule has 0 saturated carbocycles. The highest BCUT2D eigenvalue weighted by molar-refractivity contribution is 9.10. The van der Waals surface area contributed by atoms with Gasteiger partial charge in [0.15, 0.2) is 0 Å². The summed E-state index contributed by atoms with van der Waals surface area (Å²) >= 11 is 5.06. The van der Waals surface area contributed by atoms with E-state index in [1.807, 2.05) is 6.07 Å². The van der Waals surface area contributed by atoms with E-state index >= 15 is 0 Å². The van der Waals surface area contributed by atoms with E-state index in [1.165, 1.54) is 6.07 Å². The van der Waals surface area contributed by atoms with Crippen LogP contribution in [0.15, 0.2) is 22.7 Å². The highest BCUT2D eigenvalue weighted by Gasteiger charge is 2.07. The molecule has 1 atom stereocenters. The molecule has 0 aliphatic carbocycles. The fourth-order valence-corrected chi connectivity index (χ4v) is 2.81. The van der Waals surface area contributed by atoms with Gasteiger partial charge in [0.05, 0.1) is 4.47 Å². The van der Waals surface area contributed by atoms with Crippen molar-refractivity contribution < 1.29 is 4.39 Å². The maximum absolute atomic E-state index is 13.2. The summed E-state index contributed by atoms with van der Waals surface area (Å²) in [4.78, 5) is 0. The number of rotatable bonds is 5. The molecule has 15 heavy (non-hydrogen) atoms. The first kappa shape index (κ1) is 13.0. The molecule has 84 valence electrons. The van der Waals surface area contributed by atoms with Gasteiger partial charge in [0, 0.05) is 11.0 Å². The molecule has 0 heterocycles. The van der Waals surface area contributed by atoms with Gasteiger partial charge >= 0.3 is 0 Å². The quantitative estimate of drug-likeness (QED) is 0.898. The Balaban J connectivity index is 2.54. The predicted octanol–water partition coefficient (Wildman–Crippen LogP) is 3.56. The summed E-state index contributed by atoms with van der Waals surface area (Å²) in [5.74, 6) is 0.624. The molecule has 0 fully saturated rings. The lowest BCUT2D eigenvalue weighted by atomic mass is 10.2. The predicted molar refractivity (Wildman–Crippen MR) is 68.5 cm³/mol. The third-order valence-electron chi connectivity index (χ3n) is 2.13. The van der Waals surface area contributed by atoms with Crippen LogP contribution in [-0.4, -0.2) is 11.8 Å². The molecule has 1 aromatic carbocycles. The second-order valence-corrected chi connectivity index (χ2v) is 5.63. The standard InChI is InChI=1S/C11H15BrFNS/c1-8(5-6-14)15-7-9-3-2-4-10(13)11(9)12/h2-4,8H,5-7,14H2,1H3. The van der Waals surface area contributed by atoms with Gasteiger partial charge in [-0.3, -0.25) is 0 Å². The number of hydrogen-bond acceptors (Lipinski definition) is 2. The average molecular weight is 292 g/mol. The van der Waals surface area contributed by atoms with Crippen molar-refractivity contribution in [2.24, 2.45) is 5.73 Å². The minimum absolute atomic E-state index is 0.195. The Morgan fingerprint density at radius 1 is 1.53 bits per heavy atom. The molecular weight excluding hydrogens is 277 g/mol. The molecule has 0 amide bonds. The Labute approximate surface area is 103 Å². The van der Waals surface area contributed by atoms with Crippen molar-refractivity contribution in [2.75, 3.05) is 6.54 Å². The second kappa shape index (κ2) is 6.51. The summed E-state index contributed by atoms with van der Waals surface area (Å²) in [7, 11) is 0. The molecule has 0 spiro atoms. The third-order valence-corrected chi connectivity index (χ3v) is 4.30. The van der Waals surface area contributed by atoms with Crippen molar-refractivity contribution in [3.05, 3.63) is 34.1 Å². The highest BCUT2D eigenvalue weighted by Crippen LogP contribution is 2.26. The van der Waals surface area contributed by atoms with Gasteiger partial charge in [0.1, 0.15) is 5.82 Å². The zero-order valence-corrected chi connectivity index (χ0v) is 11.1. The summed E-state index contributed by atoms with van der Waals surface area (Å²) < 4.78 is 13.8. The van der Waals surface area contributed by atoms with Crippen LogP contribution in [0.5, 0.6) is 0 Å². The van der Waals surface area contributed by atoms with Crippen LogP contribution in [0.4, 0.5) is 4.39 Å². The van der Waals surface area contributed by atoms with Crippen molar-refractivity contribution in [2.45, 2.75) is 24.3 Å². The molecule has 1 nitrogen and oxygen atoms in total. The Hall–Kier alpha value is -0.0600. The van der Waals surface area contributed by atoms with E-state index in [4.69, 9.17) is 5.73 Å². The van der Waals surface area contributed by atoms with Crippen LogP contribution in [0.2, 0.25) is 0 Å². The second-order valence-electron chi connectivity index (χ2n) is 3.41. The van der Waals surface area contributed by atoms with Crippen molar-refractivity contribution in [3.8, 4) is 0 Å². The van der Waals surface area contributed by atoms with E-state index in [-0.39, 0.29) is 5.82 Å². The van der Waals surface area contributed by atoms with E-state index in [1.54, 1.807) is 17.8 Å². The first-order valence-electron chi connectivity index (χ1n) is 4.89. The van der Waals surface area contributed by atoms with Crippen molar-refractivity contribution in [1.29, 1.82) is 0 Å². The number of nitrogens with two attached hydrogens (primary N) is 1. The Kier molecular flexibility index (Phi) is 5.64. The number of thioether (sulfide) groups is 1. The monoisotopic (exact) mass is 291 g/mol. The molecule has 1 unspecified atom stereocenters. The van der Waals surface area contributed by atoms with Gasteiger partial charge in [0.2, 0.25) is 0 Å². The Morgan fingerprint density at radius 2 is 2.27 bits per heavy atom. The van der Waals surface area contributed by atoms with Gasteiger partial charge in [-0.2, -0.15) is 11.8 Å². The van der Waals surface area contributed by atoms with Gasteiger partial charge in [-0.25, -0.2) is 4.39 Å². The molecule has 0 aromatic heterocycles. The Morgan fingerprint density at radius 3 is 2.93 bits per heavy atom. The van der Waals surface area contributed by atoms with Crippen LogP contribution < -0.4 is 5.73 Å². The van der Waals surface area contributed by atoms with Crippen molar-refractivity contribution >= 4 is 27.7 Å². The van der Waals surface area contributed by atoms with Crippen molar-refractivity contribution in [3.63, 3.8) is 0 Å². The molecule has 4 heteroatoms. The van der Waals surface area contributed by atoms with Gasteiger partial charge in [0.25, 0.3) is 0 Å². The third kappa shape index (κ3) is 4.13. The van der Waals surface area contributed by atoms with Crippen LogP contribution in [0, 0.1) is 5.82 Å². The minimum Gasteiger partial charge on any atom is -0.330 e. The van der Waals surface area contributed by atoms with Gasteiger partial charge in [-0.1, -0.05) is 19.1 Å². The van der Waals surface area contributed by atoms with Gasteiger partial charge in [-0.05, 0) is 40.5 Å². The highest BCUT2D eigenvalue weighted by atomic mass is 79.9. The fourth-order valence-electron chi connectivity index (χ4n) is 1.21. The van der Waals surface area contributed by atoms with Crippen LogP contribution in [-0.2, 0) is 5.75 Å². The lowest BCUT2D eigenvalue weighted by molar-refractivity contribution is 0.619. The largest absolute Gasteiger partial charge is 0.330 e. The SMILES string of the molecule is CC(CCN)SCc1cccc(F)c1Br. The fraction of sp³-hybridized carbons (Fsp3) is 0.455. The first-order chi connectivity index (χ1) is 7.15. The van der Waals surface area contributed by atoms with E-state index in [9.17, 15) is 4.39 Å². The molecule has 1 rings (SSSR count). The van der Waals surface area contributed by atoms with Crippen LogP contribution >= 0.6 is 27.7 Å². The molecule has 0 aliphatic heterocycles. The lowest BCUT2D eigenvalue weighted by Crippen LogP contribution is -2.07. The molecule has 0 radical (unpaired) electrons. The maximum atomic E-state index is 13.2. The summed E-state index contributed by atoms with van der Waals surface area (Å²) in [6.45, 7) is 2.85. The van der Waals surface area contributed by atoms with Crippen LogP contribution in [0.25, 0.3) is 0 Å². The molecular formula is C11H15BrFNS. The smallest absolute Gasteiger partial charge is 0.137 e. The molecule has 0 aliphatic rings. The topological polar surface area (TPSA) is 26.0 Å². The normalized spacial score (nSPS) is 12.8. The van der Waals surface area contributed by atoms with E-state index < -0.39 is 0 Å². The molecule has 0 bridgehead atoms. The number of halogens is 2. The summed E-state index contributed by atoms with van der Waals surface area (Å²) in [6, 6.07) is 5.14. The minimum atomic E-state index is -0.195. The van der Waals surface area contributed by atoms with Crippen LogP contribution in [0.3, 0.4) is 0 Å². The molecule has 2 N–H and O–H groups in total. The Bertz CT molecular complexity index is 319. The van der Waals surface area contributed by atoms with E-state index in [0.717, 1.165) is 17.7 Å². The van der Waals surface area contributed by atoms with Gasteiger partial charge < -0.3 is 5.73 Å². The average Bonchev–Trinajstić information content (AvgIpc) is 2.21. The maximum Gasteiger partial charge on any atom is 0.137 e. The van der Waals surface area contributed by atoms with E-state index in [0.29, 0.717) is 16.3 Å². The summed E-state index contributed by atoms with van der Waals surface area (Å²) in [6.07, 6.45) is 0.998. The van der Waals surface area contributed by atoms with Crippen LogP contribution in [0.1, 0.15) is 18.9 Å². The van der Waals surface area contributed by atoms with Gasteiger partial charge in [-0.15, -0.1) is 0 Å². The first-order valence-corrected chi connectivity index (χ1v) is 6.74.